The minimum Gasteiger partial charge on any atom is -0.494 e. The molecule has 0 aliphatic rings. The summed E-state index contributed by atoms with van der Waals surface area (Å²) >= 11 is 0. The van der Waals surface area contributed by atoms with Crippen LogP contribution >= 0.6 is 0 Å². The van der Waals surface area contributed by atoms with Gasteiger partial charge in [-0.2, -0.15) is 0 Å². The van der Waals surface area contributed by atoms with Crippen molar-refractivity contribution in [2.45, 2.75) is 6.42 Å². The number of nitrogens with zero attached hydrogens (tertiary/aromatic N) is 3. The van der Waals surface area contributed by atoms with E-state index < -0.39 is 11.6 Å². The van der Waals surface area contributed by atoms with E-state index in [0.717, 1.165) is 22.2 Å². The minimum atomic E-state index is -0.494. The summed E-state index contributed by atoms with van der Waals surface area (Å²) in [6.07, 6.45) is 5.79. The van der Waals surface area contributed by atoms with E-state index in [2.05, 4.69) is 16.0 Å². The van der Waals surface area contributed by atoms with Gasteiger partial charge in [-0.1, -0.05) is 18.2 Å². The molecule has 0 saturated carbocycles. The highest BCUT2D eigenvalue weighted by Gasteiger charge is 2.13. The summed E-state index contributed by atoms with van der Waals surface area (Å²) in [6.45, 7) is 0. The summed E-state index contributed by atoms with van der Waals surface area (Å²) in [5, 5.41) is 1.05. The summed E-state index contributed by atoms with van der Waals surface area (Å²) in [4.78, 5) is 8.58. The normalized spacial score (nSPS) is 11.3. The fourth-order valence-electron chi connectivity index (χ4n) is 3.67. The van der Waals surface area contributed by atoms with Crippen LogP contribution in [-0.2, 0) is 6.42 Å². The molecular formula is C24H17F2N3O. The van der Waals surface area contributed by atoms with Gasteiger partial charge in [-0.05, 0) is 47.5 Å². The lowest BCUT2D eigenvalue weighted by Gasteiger charge is -2.09. The molecule has 5 aromatic rings. The summed E-state index contributed by atoms with van der Waals surface area (Å²) in [7, 11) is 1.41. The zero-order valence-electron chi connectivity index (χ0n) is 16.1. The van der Waals surface area contributed by atoms with E-state index in [-0.39, 0.29) is 11.4 Å². The third kappa shape index (κ3) is 3.16. The number of rotatable bonds is 4. The molecule has 0 amide bonds. The first-order chi connectivity index (χ1) is 14.6. The topological polar surface area (TPSA) is 39.4 Å². The zero-order chi connectivity index (χ0) is 20.7. The van der Waals surface area contributed by atoms with Gasteiger partial charge in [0.25, 0.3) is 0 Å². The molecule has 0 radical (unpaired) electrons. The second kappa shape index (κ2) is 7.22. The van der Waals surface area contributed by atoms with Crippen molar-refractivity contribution >= 4 is 16.6 Å². The lowest BCUT2D eigenvalue weighted by atomic mass is 10.1. The molecule has 0 aliphatic heterocycles. The van der Waals surface area contributed by atoms with Crippen molar-refractivity contribution < 1.29 is 13.5 Å². The number of methoxy groups -OCH3 is 1. The molecule has 5 rings (SSSR count). The third-order valence-electron chi connectivity index (χ3n) is 5.18. The lowest BCUT2D eigenvalue weighted by molar-refractivity contribution is 0.386. The number of pyridine rings is 2. The van der Waals surface area contributed by atoms with Gasteiger partial charge in [-0.25, -0.2) is 13.8 Å². The van der Waals surface area contributed by atoms with Crippen LogP contribution in [0.4, 0.5) is 8.78 Å². The zero-order valence-corrected chi connectivity index (χ0v) is 16.1. The second-order valence-corrected chi connectivity index (χ2v) is 7.08. The van der Waals surface area contributed by atoms with Crippen molar-refractivity contribution in [1.82, 2.24) is 14.4 Å². The van der Waals surface area contributed by atoms with Crippen LogP contribution < -0.4 is 4.74 Å². The fraction of sp³-hybridized carbons (Fsp3) is 0.0833. The van der Waals surface area contributed by atoms with Gasteiger partial charge in [0.05, 0.1) is 12.6 Å². The Morgan fingerprint density at radius 2 is 1.80 bits per heavy atom. The van der Waals surface area contributed by atoms with Crippen molar-refractivity contribution in [2.75, 3.05) is 7.11 Å². The highest BCUT2D eigenvalue weighted by Crippen LogP contribution is 2.28. The maximum absolute atomic E-state index is 14.7. The van der Waals surface area contributed by atoms with E-state index in [0.29, 0.717) is 17.5 Å². The average Bonchev–Trinajstić information content (AvgIpc) is 3.17. The molecule has 0 bridgehead atoms. The molecule has 3 heterocycles. The second-order valence-electron chi connectivity index (χ2n) is 7.08. The number of hydrogen-bond donors (Lipinski definition) is 0. The molecule has 148 valence electrons. The quantitative estimate of drug-likeness (QED) is 0.403. The summed E-state index contributed by atoms with van der Waals surface area (Å²) in [5.74, 6) is -0.807. The number of halogens is 2. The largest absolute Gasteiger partial charge is 0.494 e. The Morgan fingerprint density at radius 3 is 2.63 bits per heavy atom. The summed E-state index contributed by atoms with van der Waals surface area (Å²) in [5.41, 5.74) is 4.19. The van der Waals surface area contributed by atoms with Gasteiger partial charge < -0.3 is 9.14 Å². The van der Waals surface area contributed by atoms with Gasteiger partial charge in [-0.3, -0.25) is 4.98 Å². The van der Waals surface area contributed by atoms with Crippen LogP contribution in [0.2, 0.25) is 0 Å². The molecule has 4 nitrogen and oxygen atoms in total. The number of hydrogen-bond acceptors (Lipinski definition) is 3. The van der Waals surface area contributed by atoms with E-state index in [1.54, 1.807) is 29.1 Å². The van der Waals surface area contributed by atoms with E-state index in [1.807, 2.05) is 24.3 Å². The smallest absolute Gasteiger partial charge is 0.173 e. The monoisotopic (exact) mass is 401 g/mol. The van der Waals surface area contributed by atoms with Crippen molar-refractivity contribution in [3.8, 4) is 16.9 Å². The van der Waals surface area contributed by atoms with Crippen LogP contribution in [0, 0.1) is 11.6 Å². The van der Waals surface area contributed by atoms with Gasteiger partial charge in [-0.15, -0.1) is 0 Å². The molecule has 6 heteroatoms. The molecule has 0 atom stereocenters. The van der Waals surface area contributed by atoms with Crippen molar-refractivity contribution in [3.05, 3.63) is 96.1 Å². The Morgan fingerprint density at radius 1 is 0.933 bits per heavy atom. The summed E-state index contributed by atoms with van der Waals surface area (Å²) < 4.78 is 35.6. The summed E-state index contributed by atoms with van der Waals surface area (Å²) in [6, 6.07) is 15.9. The molecule has 0 fully saturated rings. The number of benzene rings is 2. The van der Waals surface area contributed by atoms with Crippen LogP contribution in [0.5, 0.6) is 5.75 Å². The lowest BCUT2D eigenvalue weighted by Crippen LogP contribution is -1.98. The first kappa shape index (κ1) is 18.2. The first-order valence-corrected chi connectivity index (χ1v) is 9.45. The van der Waals surface area contributed by atoms with Crippen LogP contribution in [0.3, 0.4) is 0 Å². The molecule has 3 aromatic heterocycles. The highest BCUT2D eigenvalue weighted by molar-refractivity contribution is 5.79. The van der Waals surface area contributed by atoms with E-state index in [4.69, 9.17) is 4.74 Å². The van der Waals surface area contributed by atoms with Gasteiger partial charge >= 0.3 is 0 Å². The Labute approximate surface area is 171 Å². The van der Waals surface area contributed by atoms with Gasteiger partial charge in [0.1, 0.15) is 0 Å². The number of ether oxygens (including phenoxy) is 1. The Kier molecular flexibility index (Phi) is 4.39. The van der Waals surface area contributed by atoms with E-state index >= 15 is 0 Å². The molecule has 0 unspecified atom stereocenters. The first-order valence-electron chi connectivity index (χ1n) is 9.45. The van der Waals surface area contributed by atoms with Gasteiger partial charge in [0, 0.05) is 41.7 Å². The van der Waals surface area contributed by atoms with Crippen LogP contribution in [0.1, 0.15) is 11.3 Å². The molecule has 0 saturated heterocycles. The molecule has 0 N–H and O–H groups in total. The van der Waals surface area contributed by atoms with Crippen molar-refractivity contribution in [3.63, 3.8) is 0 Å². The molecule has 30 heavy (non-hydrogen) atoms. The predicted octanol–water partition coefficient (Wildman–Crippen LogP) is 5.43. The Balaban J connectivity index is 1.57. The maximum Gasteiger partial charge on any atom is 0.173 e. The minimum absolute atomic E-state index is 0.148. The third-order valence-corrected chi connectivity index (χ3v) is 5.18. The van der Waals surface area contributed by atoms with E-state index in [1.165, 1.54) is 25.3 Å². The van der Waals surface area contributed by atoms with E-state index in [9.17, 15) is 8.78 Å². The fourth-order valence-corrected chi connectivity index (χ4v) is 3.67. The standard InChI is InChI=1S/C24H17F2N3O/c1-30-23-7-5-16(11-20(23)25)18-12-21(26)24-28-13-19(29(24)14-18)10-15-4-6-22-17(9-15)3-2-8-27-22/h2-9,11-14H,10H2,1H3. The van der Waals surface area contributed by atoms with Crippen molar-refractivity contribution in [1.29, 1.82) is 0 Å². The molecule has 0 spiro atoms. The molecule has 0 aliphatic carbocycles. The van der Waals surface area contributed by atoms with Crippen molar-refractivity contribution in [2.24, 2.45) is 0 Å². The Hall–Kier alpha value is -3.80. The average molecular weight is 401 g/mol. The van der Waals surface area contributed by atoms with Crippen LogP contribution in [-0.4, -0.2) is 21.5 Å². The Bertz CT molecular complexity index is 1390. The predicted molar refractivity (Wildman–Crippen MR) is 112 cm³/mol. The highest BCUT2D eigenvalue weighted by atomic mass is 19.1. The van der Waals surface area contributed by atoms with Crippen LogP contribution in [0.25, 0.3) is 27.7 Å². The maximum atomic E-state index is 14.7. The van der Waals surface area contributed by atoms with Gasteiger partial charge in [0.15, 0.2) is 23.0 Å². The van der Waals surface area contributed by atoms with Crippen LogP contribution in [0.15, 0.2) is 73.2 Å². The molecule has 2 aromatic carbocycles. The number of imidazole rings is 1. The number of fused-ring (bicyclic) bond motifs is 2. The number of aromatic nitrogens is 3. The van der Waals surface area contributed by atoms with Gasteiger partial charge in [0.2, 0.25) is 0 Å². The molecular weight excluding hydrogens is 384 g/mol. The SMILES string of the molecule is COc1ccc(-c2cc(F)c3ncc(Cc4ccc5ncccc5c4)n3c2)cc1F.